The van der Waals surface area contributed by atoms with Crippen molar-refractivity contribution in [2.24, 2.45) is 0 Å². The Morgan fingerprint density at radius 2 is 1.91 bits per heavy atom. The van der Waals surface area contributed by atoms with Gasteiger partial charge in [-0.05, 0) is 12.0 Å². The van der Waals surface area contributed by atoms with Crippen molar-refractivity contribution in [3.05, 3.63) is 53.3 Å². The molecule has 1 amide bonds. The first-order chi connectivity index (χ1) is 11.2. The van der Waals surface area contributed by atoms with Gasteiger partial charge in [0.05, 0.1) is 24.3 Å². The third-order valence-electron chi connectivity index (χ3n) is 4.16. The molecule has 6 heteroatoms. The first kappa shape index (κ1) is 16.0. The molecule has 2 aromatic rings. The van der Waals surface area contributed by atoms with E-state index in [9.17, 15) is 4.79 Å². The Morgan fingerprint density at radius 3 is 2.61 bits per heavy atom. The monoisotopic (exact) mass is 332 g/mol. The van der Waals surface area contributed by atoms with Crippen molar-refractivity contribution < 1.29 is 4.79 Å². The summed E-state index contributed by atoms with van der Waals surface area (Å²) in [7, 11) is 0. The van der Waals surface area contributed by atoms with Crippen LogP contribution in [0.15, 0.2) is 42.7 Å². The number of rotatable bonds is 6. The van der Waals surface area contributed by atoms with Crippen LogP contribution in [0.5, 0.6) is 0 Å². The Balaban J connectivity index is 1.43. The molecule has 23 heavy (non-hydrogen) atoms. The summed E-state index contributed by atoms with van der Waals surface area (Å²) in [5.74, 6) is 0.214. The molecule has 1 aliphatic heterocycles. The van der Waals surface area contributed by atoms with E-state index in [0.717, 1.165) is 39.1 Å². The topological polar surface area (TPSA) is 41.4 Å². The summed E-state index contributed by atoms with van der Waals surface area (Å²) in [4.78, 5) is 16.4. The van der Waals surface area contributed by atoms with Crippen LogP contribution in [0.2, 0.25) is 5.02 Å². The van der Waals surface area contributed by atoms with Crippen LogP contribution < -0.4 is 0 Å². The van der Waals surface area contributed by atoms with Crippen LogP contribution in [0.25, 0.3) is 0 Å². The van der Waals surface area contributed by atoms with Gasteiger partial charge in [-0.15, -0.1) is 0 Å². The van der Waals surface area contributed by atoms with Crippen molar-refractivity contribution in [1.82, 2.24) is 19.6 Å². The van der Waals surface area contributed by atoms with Crippen LogP contribution in [0.1, 0.15) is 5.56 Å². The van der Waals surface area contributed by atoms with Crippen molar-refractivity contribution >= 4 is 17.5 Å². The van der Waals surface area contributed by atoms with Crippen molar-refractivity contribution in [3.63, 3.8) is 0 Å². The zero-order valence-electron chi connectivity index (χ0n) is 13.1. The molecule has 1 aliphatic rings. The number of hydrogen-bond donors (Lipinski definition) is 0. The van der Waals surface area contributed by atoms with Gasteiger partial charge in [-0.1, -0.05) is 41.9 Å². The minimum atomic E-state index is 0.214. The lowest BCUT2D eigenvalue weighted by Crippen LogP contribution is -2.51. The van der Waals surface area contributed by atoms with E-state index < -0.39 is 0 Å². The fourth-order valence-electron chi connectivity index (χ4n) is 2.80. The van der Waals surface area contributed by atoms with E-state index >= 15 is 0 Å². The second-order valence-electron chi connectivity index (χ2n) is 5.81. The Hall–Kier alpha value is -1.85. The number of nitrogens with zero attached hydrogens (tertiary/aromatic N) is 4. The standard InChI is InChI=1S/C17H21ClN4O/c18-16-12-19-22(13-16)11-9-20-8-10-21(17(23)14-20)7-6-15-4-2-1-3-5-15/h1-5,12-13H,6-11,14H2. The maximum atomic E-state index is 12.3. The zero-order valence-corrected chi connectivity index (χ0v) is 13.8. The zero-order chi connectivity index (χ0) is 16.1. The minimum absolute atomic E-state index is 0.214. The molecular formula is C17H21ClN4O. The van der Waals surface area contributed by atoms with E-state index in [1.165, 1.54) is 5.56 Å². The van der Waals surface area contributed by atoms with Gasteiger partial charge in [-0.2, -0.15) is 5.10 Å². The van der Waals surface area contributed by atoms with Gasteiger partial charge in [0.15, 0.2) is 0 Å². The summed E-state index contributed by atoms with van der Waals surface area (Å²) in [6.45, 7) is 4.57. The van der Waals surface area contributed by atoms with Gasteiger partial charge in [0.2, 0.25) is 5.91 Å². The number of carbonyl (C=O) groups excluding carboxylic acids is 1. The predicted octanol–water partition coefficient (Wildman–Crippen LogP) is 1.92. The lowest BCUT2D eigenvalue weighted by atomic mass is 10.1. The van der Waals surface area contributed by atoms with Crippen LogP contribution in [0, 0.1) is 0 Å². The van der Waals surface area contributed by atoms with E-state index in [0.29, 0.717) is 11.6 Å². The quantitative estimate of drug-likeness (QED) is 0.811. The van der Waals surface area contributed by atoms with Gasteiger partial charge in [0, 0.05) is 32.4 Å². The Bertz CT molecular complexity index is 643. The van der Waals surface area contributed by atoms with Crippen LogP contribution in [-0.4, -0.2) is 58.2 Å². The summed E-state index contributed by atoms with van der Waals surface area (Å²) in [6, 6.07) is 10.3. The van der Waals surface area contributed by atoms with E-state index in [1.54, 1.807) is 12.4 Å². The third-order valence-corrected chi connectivity index (χ3v) is 4.35. The summed E-state index contributed by atoms with van der Waals surface area (Å²) >= 11 is 5.85. The molecule has 0 saturated carbocycles. The minimum Gasteiger partial charge on any atom is -0.340 e. The molecule has 3 rings (SSSR count). The molecule has 0 N–H and O–H groups in total. The van der Waals surface area contributed by atoms with Crippen LogP contribution in [0.3, 0.4) is 0 Å². The third kappa shape index (κ3) is 4.56. The number of amides is 1. The smallest absolute Gasteiger partial charge is 0.236 e. The largest absolute Gasteiger partial charge is 0.340 e. The van der Waals surface area contributed by atoms with Gasteiger partial charge < -0.3 is 4.90 Å². The highest BCUT2D eigenvalue weighted by atomic mass is 35.5. The van der Waals surface area contributed by atoms with Gasteiger partial charge in [-0.25, -0.2) is 0 Å². The number of hydrogen-bond acceptors (Lipinski definition) is 3. The number of benzene rings is 1. The molecule has 0 atom stereocenters. The molecule has 0 spiro atoms. The lowest BCUT2D eigenvalue weighted by Gasteiger charge is -2.34. The maximum Gasteiger partial charge on any atom is 0.236 e. The number of halogens is 1. The number of piperazine rings is 1. The van der Waals surface area contributed by atoms with Crippen LogP contribution in [0.4, 0.5) is 0 Å². The van der Waals surface area contributed by atoms with Gasteiger partial charge in [-0.3, -0.25) is 14.4 Å². The predicted molar refractivity (Wildman–Crippen MR) is 90.4 cm³/mol. The molecular weight excluding hydrogens is 312 g/mol. The van der Waals surface area contributed by atoms with E-state index in [2.05, 4.69) is 22.1 Å². The molecule has 0 bridgehead atoms. The molecule has 0 unspecified atom stereocenters. The van der Waals surface area contributed by atoms with Crippen LogP contribution >= 0.6 is 11.6 Å². The van der Waals surface area contributed by atoms with Crippen molar-refractivity contribution in [2.45, 2.75) is 13.0 Å². The second-order valence-corrected chi connectivity index (χ2v) is 6.25. The first-order valence-corrected chi connectivity index (χ1v) is 8.30. The molecule has 1 saturated heterocycles. The Labute approximate surface area is 141 Å². The fraction of sp³-hybridized carbons (Fsp3) is 0.412. The molecule has 2 heterocycles. The van der Waals surface area contributed by atoms with Gasteiger partial charge in [0.1, 0.15) is 0 Å². The number of carbonyl (C=O) groups is 1. The van der Waals surface area contributed by atoms with Gasteiger partial charge in [0.25, 0.3) is 0 Å². The highest BCUT2D eigenvalue weighted by Crippen LogP contribution is 2.08. The van der Waals surface area contributed by atoms with Crippen molar-refractivity contribution in [2.75, 3.05) is 32.7 Å². The summed E-state index contributed by atoms with van der Waals surface area (Å²) < 4.78 is 1.81. The highest BCUT2D eigenvalue weighted by molar-refractivity contribution is 6.30. The molecule has 0 radical (unpaired) electrons. The molecule has 122 valence electrons. The van der Waals surface area contributed by atoms with E-state index in [-0.39, 0.29) is 5.91 Å². The fourth-order valence-corrected chi connectivity index (χ4v) is 2.95. The summed E-state index contributed by atoms with van der Waals surface area (Å²) in [5.41, 5.74) is 1.28. The van der Waals surface area contributed by atoms with Gasteiger partial charge >= 0.3 is 0 Å². The van der Waals surface area contributed by atoms with E-state index in [1.807, 2.05) is 27.8 Å². The number of aromatic nitrogens is 2. The van der Waals surface area contributed by atoms with Crippen molar-refractivity contribution in [3.8, 4) is 0 Å². The highest BCUT2D eigenvalue weighted by Gasteiger charge is 2.23. The maximum absolute atomic E-state index is 12.3. The average molecular weight is 333 g/mol. The molecule has 1 fully saturated rings. The van der Waals surface area contributed by atoms with E-state index in [4.69, 9.17) is 11.6 Å². The second kappa shape index (κ2) is 7.62. The molecule has 0 aliphatic carbocycles. The summed E-state index contributed by atoms with van der Waals surface area (Å²) in [5, 5.41) is 4.81. The SMILES string of the molecule is O=C1CN(CCn2cc(Cl)cn2)CCN1CCc1ccccc1. The molecule has 5 nitrogen and oxygen atoms in total. The molecule has 1 aromatic heterocycles. The Kier molecular flexibility index (Phi) is 5.31. The lowest BCUT2D eigenvalue weighted by molar-refractivity contribution is -0.136. The summed E-state index contributed by atoms with van der Waals surface area (Å²) in [6.07, 6.45) is 4.35. The average Bonchev–Trinajstić information content (AvgIpc) is 2.98. The Morgan fingerprint density at radius 1 is 1.09 bits per heavy atom. The van der Waals surface area contributed by atoms with Crippen molar-refractivity contribution in [1.29, 1.82) is 0 Å². The normalized spacial score (nSPS) is 16.0. The van der Waals surface area contributed by atoms with Crippen LogP contribution in [-0.2, 0) is 17.8 Å². The first-order valence-electron chi connectivity index (χ1n) is 7.93. The molecule has 1 aromatic carbocycles.